The quantitative estimate of drug-likeness (QED) is 0.768. The number of hydrogen-bond acceptors (Lipinski definition) is 3. The summed E-state index contributed by atoms with van der Waals surface area (Å²) in [7, 11) is 0. The second-order valence-corrected chi connectivity index (χ2v) is 6.68. The highest BCUT2D eigenvalue weighted by atomic mass is 16.5. The van der Waals surface area contributed by atoms with E-state index in [9.17, 15) is 4.79 Å². The molecule has 1 saturated carbocycles. The largest absolute Gasteiger partial charge is 0.462 e. The van der Waals surface area contributed by atoms with Crippen molar-refractivity contribution < 1.29 is 9.53 Å². The molecular weight excluding hydrogens is 226 g/mol. The van der Waals surface area contributed by atoms with E-state index in [0.29, 0.717) is 17.9 Å². The minimum absolute atomic E-state index is 0.0501. The van der Waals surface area contributed by atoms with E-state index in [1.165, 1.54) is 6.42 Å². The lowest BCUT2D eigenvalue weighted by molar-refractivity contribution is -0.157. The van der Waals surface area contributed by atoms with Gasteiger partial charge in [-0.1, -0.05) is 34.6 Å². The van der Waals surface area contributed by atoms with Gasteiger partial charge in [0.05, 0.1) is 5.92 Å². The molecule has 0 amide bonds. The second-order valence-electron chi connectivity index (χ2n) is 6.68. The molecule has 0 aliphatic heterocycles. The lowest BCUT2D eigenvalue weighted by Gasteiger charge is -2.38. The van der Waals surface area contributed by atoms with Gasteiger partial charge in [0.15, 0.2) is 0 Å². The van der Waals surface area contributed by atoms with Gasteiger partial charge in [-0.25, -0.2) is 0 Å². The number of hydrogen-bond donors (Lipinski definition) is 1. The second kappa shape index (κ2) is 6.55. The third kappa shape index (κ3) is 4.97. The van der Waals surface area contributed by atoms with Crippen molar-refractivity contribution in [2.45, 2.75) is 60.0 Å². The molecule has 1 fully saturated rings. The van der Waals surface area contributed by atoms with Crippen LogP contribution in [0.3, 0.4) is 0 Å². The summed E-state index contributed by atoms with van der Waals surface area (Å²) >= 11 is 0. The van der Waals surface area contributed by atoms with Crippen molar-refractivity contribution >= 4 is 5.97 Å². The number of ether oxygens (including phenoxy) is 1. The van der Waals surface area contributed by atoms with E-state index < -0.39 is 0 Å². The highest BCUT2D eigenvalue weighted by Gasteiger charge is 2.34. The van der Waals surface area contributed by atoms with Crippen LogP contribution in [0.5, 0.6) is 0 Å². The van der Waals surface area contributed by atoms with Gasteiger partial charge in [0.1, 0.15) is 6.10 Å². The van der Waals surface area contributed by atoms with Gasteiger partial charge < -0.3 is 10.1 Å². The van der Waals surface area contributed by atoms with Gasteiger partial charge in [0, 0.05) is 6.54 Å². The highest BCUT2D eigenvalue weighted by molar-refractivity contribution is 5.72. The molecule has 106 valence electrons. The topological polar surface area (TPSA) is 38.3 Å². The van der Waals surface area contributed by atoms with Crippen molar-refractivity contribution in [2.75, 3.05) is 13.1 Å². The molecule has 0 bridgehead atoms. The Hall–Kier alpha value is -0.570. The number of esters is 1. The van der Waals surface area contributed by atoms with E-state index in [2.05, 4.69) is 26.1 Å². The third-order valence-corrected chi connectivity index (χ3v) is 3.73. The molecule has 1 aliphatic rings. The van der Waals surface area contributed by atoms with Crippen molar-refractivity contribution in [1.29, 1.82) is 0 Å². The summed E-state index contributed by atoms with van der Waals surface area (Å²) in [6.07, 6.45) is 3.36. The molecule has 0 aromatic rings. The maximum Gasteiger partial charge on any atom is 0.310 e. The number of nitrogens with one attached hydrogen (secondary N) is 1. The standard InChI is InChI=1S/C15H29NO2/c1-6-16-10-12(3)14(17)18-13-7-11(2)8-15(4,5)9-13/h11-13,16H,6-10H2,1-5H3. The average Bonchev–Trinajstić information content (AvgIpc) is 2.22. The Balaban J connectivity index is 2.43. The van der Waals surface area contributed by atoms with Gasteiger partial charge in [-0.05, 0) is 37.1 Å². The Morgan fingerprint density at radius 1 is 1.44 bits per heavy atom. The highest BCUT2D eigenvalue weighted by Crippen LogP contribution is 2.39. The van der Waals surface area contributed by atoms with Crippen LogP contribution in [0.1, 0.15) is 53.9 Å². The van der Waals surface area contributed by atoms with E-state index in [4.69, 9.17) is 4.74 Å². The molecule has 3 unspecified atom stereocenters. The summed E-state index contributed by atoms with van der Waals surface area (Å²) in [5.74, 6) is 0.548. The maximum atomic E-state index is 12.0. The summed E-state index contributed by atoms with van der Waals surface area (Å²) in [6, 6.07) is 0. The summed E-state index contributed by atoms with van der Waals surface area (Å²) in [5, 5.41) is 3.19. The number of carbonyl (C=O) groups is 1. The van der Waals surface area contributed by atoms with Gasteiger partial charge in [0.25, 0.3) is 0 Å². The maximum absolute atomic E-state index is 12.0. The molecule has 0 saturated heterocycles. The van der Waals surface area contributed by atoms with Crippen molar-refractivity contribution in [3.8, 4) is 0 Å². The van der Waals surface area contributed by atoms with E-state index in [1.54, 1.807) is 0 Å². The van der Waals surface area contributed by atoms with Gasteiger partial charge >= 0.3 is 5.97 Å². The van der Waals surface area contributed by atoms with Crippen molar-refractivity contribution in [1.82, 2.24) is 5.32 Å². The first kappa shape index (κ1) is 15.5. The van der Waals surface area contributed by atoms with E-state index >= 15 is 0 Å². The molecule has 1 rings (SSSR count). The first-order valence-corrected chi connectivity index (χ1v) is 7.25. The average molecular weight is 255 g/mol. The normalized spacial score (nSPS) is 28.7. The molecule has 3 nitrogen and oxygen atoms in total. The van der Waals surface area contributed by atoms with Gasteiger partial charge in [-0.2, -0.15) is 0 Å². The lowest BCUT2D eigenvalue weighted by Crippen LogP contribution is -2.36. The zero-order valence-electron chi connectivity index (χ0n) is 12.6. The Morgan fingerprint density at radius 3 is 2.67 bits per heavy atom. The van der Waals surface area contributed by atoms with Crippen molar-refractivity contribution in [3.63, 3.8) is 0 Å². The van der Waals surface area contributed by atoms with Crippen LogP contribution in [0.4, 0.5) is 0 Å². The molecule has 3 atom stereocenters. The van der Waals surface area contributed by atoms with Crippen LogP contribution < -0.4 is 5.32 Å². The number of rotatable bonds is 5. The Labute approximate surface area is 112 Å². The zero-order chi connectivity index (χ0) is 13.8. The molecule has 0 aromatic carbocycles. The molecule has 0 heterocycles. The third-order valence-electron chi connectivity index (χ3n) is 3.73. The van der Waals surface area contributed by atoms with Gasteiger partial charge in [0.2, 0.25) is 0 Å². The SMILES string of the molecule is CCNCC(C)C(=O)OC1CC(C)CC(C)(C)C1. The van der Waals surface area contributed by atoms with Crippen molar-refractivity contribution in [3.05, 3.63) is 0 Å². The predicted molar refractivity (Wildman–Crippen MR) is 74.4 cm³/mol. The molecule has 1 aliphatic carbocycles. The van der Waals surface area contributed by atoms with Crippen LogP contribution in [0.25, 0.3) is 0 Å². The van der Waals surface area contributed by atoms with Crippen LogP contribution in [-0.4, -0.2) is 25.2 Å². The Kier molecular flexibility index (Phi) is 5.64. The smallest absolute Gasteiger partial charge is 0.310 e. The van der Waals surface area contributed by atoms with Crippen LogP contribution in [-0.2, 0) is 9.53 Å². The zero-order valence-corrected chi connectivity index (χ0v) is 12.6. The van der Waals surface area contributed by atoms with E-state index in [-0.39, 0.29) is 18.0 Å². The van der Waals surface area contributed by atoms with E-state index in [1.807, 2.05) is 13.8 Å². The van der Waals surface area contributed by atoms with E-state index in [0.717, 1.165) is 19.4 Å². The molecule has 18 heavy (non-hydrogen) atoms. The minimum atomic E-state index is -0.0507. The minimum Gasteiger partial charge on any atom is -0.462 e. The van der Waals surface area contributed by atoms with Crippen LogP contribution in [0, 0.1) is 17.3 Å². The van der Waals surface area contributed by atoms with Crippen LogP contribution in [0.2, 0.25) is 0 Å². The summed E-state index contributed by atoms with van der Waals surface area (Å²) in [6.45, 7) is 12.4. The lowest BCUT2D eigenvalue weighted by atomic mass is 9.71. The molecule has 3 heteroatoms. The molecular formula is C15H29NO2. The van der Waals surface area contributed by atoms with Gasteiger partial charge in [-0.15, -0.1) is 0 Å². The first-order valence-electron chi connectivity index (χ1n) is 7.25. The summed E-state index contributed by atoms with van der Waals surface area (Å²) in [5.41, 5.74) is 0.299. The fourth-order valence-corrected chi connectivity index (χ4v) is 3.07. The molecule has 1 N–H and O–H groups in total. The molecule has 0 aromatic heterocycles. The predicted octanol–water partition coefficient (Wildman–Crippen LogP) is 2.99. The van der Waals surface area contributed by atoms with Crippen LogP contribution >= 0.6 is 0 Å². The first-order chi connectivity index (χ1) is 8.34. The summed E-state index contributed by atoms with van der Waals surface area (Å²) < 4.78 is 5.68. The van der Waals surface area contributed by atoms with Crippen LogP contribution in [0.15, 0.2) is 0 Å². The fraction of sp³-hybridized carbons (Fsp3) is 0.933. The molecule has 0 radical (unpaired) electrons. The monoisotopic (exact) mass is 255 g/mol. The van der Waals surface area contributed by atoms with Crippen molar-refractivity contribution in [2.24, 2.45) is 17.3 Å². The number of carbonyl (C=O) groups excluding carboxylic acids is 1. The summed E-state index contributed by atoms with van der Waals surface area (Å²) in [4.78, 5) is 12.0. The van der Waals surface area contributed by atoms with Gasteiger partial charge in [-0.3, -0.25) is 4.79 Å². The Morgan fingerprint density at radius 2 is 2.11 bits per heavy atom. The fourth-order valence-electron chi connectivity index (χ4n) is 3.07. The Bertz CT molecular complexity index is 276. The molecule has 0 spiro atoms.